The van der Waals surface area contributed by atoms with Gasteiger partial charge in [-0.2, -0.15) is 0 Å². The topological polar surface area (TPSA) is 79.3 Å². The molecule has 24 heavy (non-hydrogen) atoms. The molecule has 0 spiro atoms. The number of carboxylic acids is 1. The molecule has 0 unspecified atom stereocenters. The largest absolute Gasteiger partial charge is 0.481 e. The summed E-state index contributed by atoms with van der Waals surface area (Å²) >= 11 is 0. The summed E-state index contributed by atoms with van der Waals surface area (Å²) in [5.41, 5.74) is -0.593. The molecule has 0 radical (unpaired) electrons. The lowest BCUT2D eigenvalue weighted by atomic mass is 9.92. The predicted molar refractivity (Wildman–Crippen MR) is 88.9 cm³/mol. The van der Waals surface area contributed by atoms with Crippen LogP contribution in [0.1, 0.15) is 41.0 Å². The number of ether oxygens (including phenoxy) is 2. The molecule has 2 aliphatic rings. The molecule has 1 N–H and O–H groups in total. The van der Waals surface area contributed by atoms with Crippen LogP contribution in [0.5, 0.6) is 0 Å². The number of piperidine rings is 1. The van der Waals surface area contributed by atoms with Gasteiger partial charge in [0.05, 0.1) is 18.1 Å². The van der Waals surface area contributed by atoms with Crippen LogP contribution in [0.3, 0.4) is 0 Å². The van der Waals surface area contributed by atoms with Crippen LogP contribution < -0.4 is 0 Å². The summed E-state index contributed by atoms with van der Waals surface area (Å²) in [6, 6.07) is 0.0150. The number of morpholine rings is 1. The third kappa shape index (κ3) is 5.08. The molecule has 0 aliphatic carbocycles. The lowest BCUT2D eigenvalue weighted by molar-refractivity contribution is -0.145. The van der Waals surface area contributed by atoms with E-state index < -0.39 is 23.6 Å². The minimum Gasteiger partial charge on any atom is -0.481 e. The number of hydrogen-bond donors (Lipinski definition) is 1. The first-order valence-corrected chi connectivity index (χ1v) is 8.65. The second kappa shape index (κ2) is 7.27. The third-order valence-corrected chi connectivity index (χ3v) is 4.39. The molecule has 0 saturated carbocycles. The minimum absolute atomic E-state index is 0.0150. The molecule has 2 aliphatic heterocycles. The number of carbonyl (C=O) groups is 2. The van der Waals surface area contributed by atoms with Crippen LogP contribution in [-0.4, -0.2) is 77.0 Å². The van der Waals surface area contributed by atoms with Gasteiger partial charge in [0, 0.05) is 32.2 Å². The highest BCUT2D eigenvalue weighted by molar-refractivity contribution is 5.73. The fraction of sp³-hybridized carbons (Fsp3) is 0.882. The molecule has 2 fully saturated rings. The number of amides is 1. The van der Waals surface area contributed by atoms with Gasteiger partial charge in [0.15, 0.2) is 0 Å². The number of carbonyl (C=O) groups excluding carboxylic acids is 1. The summed E-state index contributed by atoms with van der Waals surface area (Å²) in [7, 11) is 0. The van der Waals surface area contributed by atoms with Crippen molar-refractivity contribution >= 4 is 12.1 Å². The van der Waals surface area contributed by atoms with E-state index in [1.54, 1.807) is 4.90 Å². The first kappa shape index (κ1) is 19.0. The van der Waals surface area contributed by atoms with Crippen molar-refractivity contribution < 1.29 is 24.2 Å². The van der Waals surface area contributed by atoms with Gasteiger partial charge in [-0.15, -0.1) is 0 Å². The highest BCUT2D eigenvalue weighted by atomic mass is 16.6. The molecule has 0 bridgehead atoms. The van der Waals surface area contributed by atoms with Gasteiger partial charge in [-0.05, 0) is 41.0 Å². The van der Waals surface area contributed by atoms with E-state index in [9.17, 15) is 14.7 Å². The fourth-order valence-electron chi connectivity index (χ4n) is 3.51. The predicted octanol–water partition coefficient (Wildman–Crippen LogP) is 1.81. The fourth-order valence-corrected chi connectivity index (χ4v) is 3.51. The molecular formula is C17H30N2O5. The molecule has 138 valence electrons. The van der Waals surface area contributed by atoms with Crippen LogP contribution in [0.2, 0.25) is 0 Å². The Hall–Kier alpha value is -1.34. The summed E-state index contributed by atoms with van der Waals surface area (Å²) in [5, 5.41) is 9.47. The summed E-state index contributed by atoms with van der Waals surface area (Å²) < 4.78 is 11.2. The van der Waals surface area contributed by atoms with E-state index in [1.165, 1.54) is 0 Å². The zero-order valence-corrected chi connectivity index (χ0v) is 15.3. The number of carboxylic acid groups (broad SMARTS) is 1. The highest BCUT2D eigenvalue weighted by Gasteiger charge is 2.39. The average Bonchev–Trinajstić information content (AvgIpc) is 2.43. The number of likely N-dealkylation sites (tertiary alicyclic amines) is 1. The molecule has 1 amide bonds. The Morgan fingerprint density at radius 1 is 1.08 bits per heavy atom. The summed E-state index contributed by atoms with van der Waals surface area (Å²) in [6.07, 6.45) is 0.323. The molecular weight excluding hydrogens is 312 g/mol. The number of hydrogen-bond acceptors (Lipinski definition) is 5. The van der Waals surface area contributed by atoms with Crippen molar-refractivity contribution in [3.05, 3.63) is 0 Å². The zero-order chi connectivity index (χ0) is 18.1. The van der Waals surface area contributed by atoms with Crippen LogP contribution in [0.25, 0.3) is 0 Å². The van der Waals surface area contributed by atoms with E-state index in [0.29, 0.717) is 13.0 Å². The van der Waals surface area contributed by atoms with Crippen LogP contribution in [-0.2, 0) is 14.3 Å². The van der Waals surface area contributed by atoms with Crippen molar-refractivity contribution in [3.63, 3.8) is 0 Å². The van der Waals surface area contributed by atoms with E-state index in [0.717, 1.165) is 13.1 Å². The van der Waals surface area contributed by atoms with E-state index >= 15 is 0 Å². The van der Waals surface area contributed by atoms with Gasteiger partial charge in [0.1, 0.15) is 5.60 Å². The summed E-state index contributed by atoms with van der Waals surface area (Å²) in [6.45, 7) is 11.7. The molecule has 7 heteroatoms. The Morgan fingerprint density at radius 2 is 1.67 bits per heavy atom. The molecule has 7 nitrogen and oxygen atoms in total. The monoisotopic (exact) mass is 342 g/mol. The first-order chi connectivity index (χ1) is 11.0. The average molecular weight is 342 g/mol. The maximum absolute atomic E-state index is 12.4. The summed E-state index contributed by atoms with van der Waals surface area (Å²) in [5.74, 6) is -1.42. The Balaban J connectivity index is 2.10. The van der Waals surface area contributed by atoms with E-state index in [-0.39, 0.29) is 24.8 Å². The molecule has 0 aromatic carbocycles. The van der Waals surface area contributed by atoms with Gasteiger partial charge in [-0.25, -0.2) is 4.79 Å². The summed E-state index contributed by atoms with van der Waals surface area (Å²) in [4.78, 5) is 27.7. The molecule has 2 rings (SSSR count). The van der Waals surface area contributed by atoms with E-state index in [2.05, 4.69) is 4.90 Å². The molecule has 0 aromatic rings. The van der Waals surface area contributed by atoms with Gasteiger partial charge < -0.3 is 19.5 Å². The van der Waals surface area contributed by atoms with E-state index in [4.69, 9.17) is 9.47 Å². The van der Waals surface area contributed by atoms with Crippen LogP contribution in [0.15, 0.2) is 0 Å². The number of nitrogens with zero attached hydrogens (tertiary/aromatic N) is 2. The van der Waals surface area contributed by atoms with Crippen molar-refractivity contribution in [1.82, 2.24) is 9.80 Å². The number of aliphatic carboxylic acids is 1. The van der Waals surface area contributed by atoms with Gasteiger partial charge >= 0.3 is 12.1 Å². The van der Waals surface area contributed by atoms with Crippen molar-refractivity contribution in [1.29, 1.82) is 0 Å². The molecule has 2 heterocycles. The van der Waals surface area contributed by atoms with Gasteiger partial charge in [-0.1, -0.05) is 0 Å². The van der Waals surface area contributed by atoms with Gasteiger partial charge in [-0.3, -0.25) is 9.69 Å². The molecule has 4 atom stereocenters. The highest BCUT2D eigenvalue weighted by Crippen LogP contribution is 2.25. The quantitative estimate of drug-likeness (QED) is 0.824. The third-order valence-electron chi connectivity index (χ3n) is 4.39. The van der Waals surface area contributed by atoms with E-state index in [1.807, 2.05) is 34.6 Å². The maximum atomic E-state index is 12.4. The molecule has 2 saturated heterocycles. The van der Waals surface area contributed by atoms with Crippen LogP contribution >= 0.6 is 0 Å². The van der Waals surface area contributed by atoms with Crippen LogP contribution in [0.4, 0.5) is 4.79 Å². The molecule has 0 aromatic heterocycles. The van der Waals surface area contributed by atoms with Crippen molar-refractivity contribution in [2.75, 3.05) is 26.2 Å². The second-order valence-corrected chi connectivity index (χ2v) is 8.02. The Bertz CT molecular complexity index is 466. The minimum atomic E-state index is -0.859. The lowest BCUT2D eigenvalue weighted by Gasteiger charge is -2.45. The number of rotatable bonds is 2. The normalized spacial score (nSPS) is 32.5. The SMILES string of the molecule is C[C@@H]1CN([C@H]2C[C@H](C(=O)O)CN(C(=O)OC(C)(C)C)C2)C[C@H](C)O1. The second-order valence-electron chi connectivity index (χ2n) is 8.02. The standard InChI is InChI=1S/C17H30N2O5/c1-11-7-18(8-12(2)23-11)14-6-13(15(20)21)9-19(10-14)16(22)24-17(3,4)5/h11-14H,6-10H2,1-5H3,(H,20,21)/t11-,12+,13-,14-/m0/s1. The lowest BCUT2D eigenvalue weighted by Crippen LogP contribution is -2.58. The van der Waals surface area contributed by atoms with Gasteiger partial charge in [0.25, 0.3) is 0 Å². The van der Waals surface area contributed by atoms with Gasteiger partial charge in [0.2, 0.25) is 0 Å². The van der Waals surface area contributed by atoms with Crippen LogP contribution in [0, 0.1) is 5.92 Å². The van der Waals surface area contributed by atoms with Crippen molar-refractivity contribution in [3.8, 4) is 0 Å². The Kier molecular flexibility index (Phi) is 5.75. The van der Waals surface area contributed by atoms with Crippen molar-refractivity contribution in [2.45, 2.75) is 64.9 Å². The maximum Gasteiger partial charge on any atom is 0.410 e. The zero-order valence-electron chi connectivity index (χ0n) is 15.3. The Labute approximate surface area is 143 Å². The van der Waals surface area contributed by atoms with Crippen molar-refractivity contribution in [2.24, 2.45) is 5.92 Å². The first-order valence-electron chi connectivity index (χ1n) is 8.65. The Morgan fingerprint density at radius 3 is 2.17 bits per heavy atom. The smallest absolute Gasteiger partial charge is 0.410 e.